The van der Waals surface area contributed by atoms with Crippen LogP contribution >= 0.6 is 0 Å². The van der Waals surface area contributed by atoms with Crippen LogP contribution in [0.25, 0.3) is 0 Å². The maximum absolute atomic E-state index is 11.7. The largest absolute Gasteiger partial charge is 0.348 e. The zero-order valence-electron chi connectivity index (χ0n) is 12.0. The number of hydrogen-bond acceptors (Lipinski definition) is 2. The Morgan fingerprint density at radius 2 is 1.89 bits per heavy atom. The Hall–Kier alpha value is -1.38. The van der Waals surface area contributed by atoms with Crippen LogP contribution in [-0.2, 0) is 11.2 Å². The average Bonchev–Trinajstić information content (AvgIpc) is 2.28. The van der Waals surface area contributed by atoms with Crippen molar-refractivity contribution in [2.45, 2.75) is 47.1 Å². The van der Waals surface area contributed by atoms with Gasteiger partial charge in [0.05, 0.1) is 11.7 Å². The van der Waals surface area contributed by atoms with Gasteiger partial charge in [-0.2, -0.15) is 0 Å². The lowest BCUT2D eigenvalue weighted by atomic mass is 10.1. The Morgan fingerprint density at radius 1 is 1.22 bits per heavy atom. The molecule has 0 saturated carbocycles. The van der Waals surface area contributed by atoms with Gasteiger partial charge in [-0.3, -0.25) is 9.78 Å². The van der Waals surface area contributed by atoms with Gasteiger partial charge in [0.25, 0.3) is 0 Å². The number of carbonyl (C=O) groups excluding carboxylic acids is 1. The second-order valence-electron chi connectivity index (χ2n) is 5.54. The van der Waals surface area contributed by atoms with Gasteiger partial charge < -0.3 is 5.32 Å². The monoisotopic (exact) mass is 248 g/mol. The van der Waals surface area contributed by atoms with Gasteiger partial charge in [-0.15, -0.1) is 0 Å². The lowest BCUT2D eigenvalue weighted by Crippen LogP contribution is -2.30. The second kappa shape index (κ2) is 6.53. The molecule has 0 aromatic carbocycles. The van der Waals surface area contributed by atoms with Gasteiger partial charge in [0.1, 0.15) is 0 Å². The van der Waals surface area contributed by atoms with Gasteiger partial charge in [0.2, 0.25) is 5.91 Å². The van der Waals surface area contributed by atoms with Gasteiger partial charge in [-0.25, -0.2) is 0 Å². The third-order valence-corrected chi connectivity index (χ3v) is 2.77. The molecule has 1 heterocycles. The van der Waals surface area contributed by atoms with E-state index in [2.05, 4.69) is 24.1 Å². The molecular formula is C15H24N2O. The molecule has 1 aromatic rings. The first kappa shape index (κ1) is 14.7. The van der Waals surface area contributed by atoms with E-state index in [9.17, 15) is 4.79 Å². The first-order valence-electron chi connectivity index (χ1n) is 6.66. The first-order chi connectivity index (χ1) is 8.40. The van der Waals surface area contributed by atoms with Gasteiger partial charge >= 0.3 is 0 Å². The van der Waals surface area contributed by atoms with Gasteiger partial charge in [0, 0.05) is 11.6 Å². The van der Waals surface area contributed by atoms with Crippen LogP contribution in [0, 0.1) is 11.8 Å². The molecule has 0 aliphatic rings. The molecule has 1 amide bonds. The number of pyridine rings is 1. The van der Waals surface area contributed by atoms with Crippen LogP contribution in [0.4, 0.5) is 0 Å². The molecular weight excluding hydrogens is 224 g/mol. The van der Waals surface area contributed by atoms with Crippen molar-refractivity contribution in [2.75, 3.05) is 0 Å². The molecule has 0 aliphatic carbocycles. The van der Waals surface area contributed by atoms with E-state index in [1.165, 1.54) is 0 Å². The molecule has 1 N–H and O–H groups in total. The lowest BCUT2D eigenvalue weighted by molar-refractivity contribution is -0.124. The number of rotatable bonds is 5. The number of nitrogens with one attached hydrogen (secondary N) is 1. The summed E-state index contributed by atoms with van der Waals surface area (Å²) in [5.74, 6) is 0.665. The molecule has 1 atom stereocenters. The van der Waals surface area contributed by atoms with Crippen molar-refractivity contribution in [1.29, 1.82) is 0 Å². The van der Waals surface area contributed by atoms with Crippen molar-refractivity contribution >= 4 is 5.91 Å². The standard InChI is InChI=1S/C15H24N2O/c1-10(2)9-13-7-6-8-14(17-13)12(5)16-15(18)11(3)4/h6-8,10-12H,9H2,1-5H3,(H,16,18)/t12-/m0/s1. The fourth-order valence-electron chi connectivity index (χ4n) is 1.73. The van der Waals surface area contributed by atoms with Crippen LogP contribution in [0.1, 0.15) is 52.0 Å². The highest BCUT2D eigenvalue weighted by Crippen LogP contribution is 2.13. The fourth-order valence-corrected chi connectivity index (χ4v) is 1.73. The average molecular weight is 248 g/mol. The van der Waals surface area contributed by atoms with Crippen LogP contribution in [0.2, 0.25) is 0 Å². The Bertz CT molecular complexity index is 399. The van der Waals surface area contributed by atoms with Crippen LogP contribution in [0.15, 0.2) is 18.2 Å². The van der Waals surface area contributed by atoms with Crippen molar-refractivity contribution in [2.24, 2.45) is 11.8 Å². The summed E-state index contributed by atoms with van der Waals surface area (Å²) in [6.07, 6.45) is 0.971. The predicted molar refractivity (Wildman–Crippen MR) is 74.2 cm³/mol. The molecule has 3 nitrogen and oxygen atoms in total. The lowest BCUT2D eigenvalue weighted by Gasteiger charge is -2.16. The summed E-state index contributed by atoms with van der Waals surface area (Å²) in [6, 6.07) is 5.99. The SMILES string of the molecule is CC(C)Cc1cccc([C@H](C)NC(=O)C(C)C)n1. The first-order valence-corrected chi connectivity index (χ1v) is 6.66. The Morgan fingerprint density at radius 3 is 2.44 bits per heavy atom. The molecule has 1 aromatic heterocycles. The summed E-state index contributed by atoms with van der Waals surface area (Å²) in [4.78, 5) is 16.3. The van der Waals surface area contributed by atoms with E-state index in [1.54, 1.807) is 0 Å². The molecule has 0 bridgehead atoms. The third kappa shape index (κ3) is 4.47. The fraction of sp³-hybridized carbons (Fsp3) is 0.600. The maximum atomic E-state index is 11.7. The van der Waals surface area contributed by atoms with Crippen molar-refractivity contribution in [1.82, 2.24) is 10.3 Å². The van der Waals surface area contributed by atoms with Crippen LogP contribution in [0.3, 0.4) is 0 Å². The smallest absolute Gasteiger partial charge is 0.223 e. The normalized spacial score (nSPS) is 12.8. The van der Waals surface area contributed by atoms with Crippen LogP contribution < -0.4 is 5.32 Å². The van der Waals surface area contributed by atoms with Crippen LogP contribution in [0.5, 0.6) is 0 Å². The number of amides is 1. The quantitative estimate of drug-likeness (QED) is 0.870. The van der Waals surface area contributed by atoms with Crippen LogP contribution in [-0.4, -0.2) is 10.9 Å². The van der Waals surface area contributed by atoms with E-state index in [-0.39, 0.29) is 17.9 Å². The molecule has 100 valence electrons. The van der Waals surface area contributed by atoms with E-state index < -0.39 is 0 Å². The highest BCUT2D eigenvalue weighted by Gasteiger charge is 2.13. The molecule has 0 fully saturated rings. The minimum Gasteiger partial charge on any atom is -0.348 e. The molecule has 3 heteroatoms. The Kier molecular flexibility index (Phi) is 5.32. The summed E-state index contributed by atoms with van der Waals surface area (Å²) in [7, 11) is 0. The predicted octanol–water partition coefficient (Wildman–Crippen LogP) is 3.11. The number of nitrogens with zero attached hydrogens (tertiary/aromatic N) is 1. The summed E-state index contributed by atoms with van der Waals surface area (Å²) in [5.41, 5.74) is 2.02. The third-order valence-electron chi connectivity index (χ3n) is 2.77. The zero-order chi connectivity index (χ0) is 13.7. The van der Waals surface area contributed by atoms with E-state index in [4.69, 9.17) is 0 Å². The zero-order valence-corrected chi connectivity index (χ0v) is 12.0. The summed E-state index contributed by atoms with van der Waals surface area (Å²) in [5, 5.41) is 2.97. The molecule has 0 radical (unpaired) electrons. The van der Waals surface area contributed by atoms with E-state index >= 15 is 0 Å². The summed E-state index contributed by atoms with van der Waals surface area (Å²) in [6.45, 7) is 10.1. The highest BCUT2D eigenvalue weighted by molar-refractivity contribution is 5.78. The number of aromatic nitrogens is 1. The number of hydrogen-bond donors (Lipinski definition) is 1. The van der Waals surface area contributed by atoms with Gasteiger partial charge in [-0.1, -0.05) is 33.8 Å². The second-order valence-corrected chi connectivity index (χ2v) is 5.54. The summed E-state index contributed by atoms with van der Waals surface area (Å²) >= 11 is 0. The van der Waals surface area contributed by atoms with E-state index in [0.29, 0.717) is 5.92 Å². The molecule has 1 rings (SSSR count). The molecule has 0 unspecified atom stereocenters. The van der Waals surface area contributed by atoms with Crippen molar-refractivity contribution in [3.8, 4) is 0 Å². The van der Waals surface area contributed by atoms with Crippen molar-refractivity contribution in [3.05, 3.63) is 29.6 Å². The molecule has 0 aliphatic heterocycles. The topological polar surface area (TPSA) is 42.0 Å². The van der Waals surface area contributed by atoms with Gasteiger partial charge in [-0.05, 0) is 31.4 Å². The van der Waals surface area contributed by atoms with Gasteiger partial charge in [0.15, 0.2) is 0 Å². The summed E-state index contributed by atoms with van der Waals surface area (Å²) < 4.78 is 0. The van der Waals surface area contributed by atoms with Crippen molar-refractivity contribution in [3.63, 3.8) is 0 Å². The minimum absolute atomic E-state index is 0.00583. The molecule has 0 spiro atoms. The molecule has 18 heavy (non-hydrogen) atoms. The van der Waals surface area contributed by atoms with E-state index in [1.807, 2.05) is 39.0 Å². The Labute approximate surface area is 110 Å². The maximum Gasteiger partial charge on any atom is 0.223 e. The number of carbonyl (C=O) groups is 1. The molecule has 0 saturated heterocycles. The highest BCUT2D eigenvalue weighted by atomic mass is 16.1. The van der Waals surface area contributed by atoms with Crippen molar-refractivity contribution < 1.29 is 4.79 Å². The van der Waals surface area contributed by atoms with E-state index in [0.717, 1.165) is 17.8 Å². The Balaban J connectivity index is 2.73. The minimum atomic E-state index is -0.0352.